The van der Waals surface area contributed by atoms with Gasteiger partial charge in [0.1, 0.15) is 5.82 Å². The third-order valence-electron chi connectivity index (χ3n) is 3.07. The fourth-order valence-corrected chi connectivity index (χ4v) is 2.82. The van der Waals surface area contributed by atoms with Crippen molar-refractivity contribution in [1.29, 1.82) is 0 Å². The SMILES string of the molecule is CCC1(C)CSC(=NCc2ccccc2F)N1. The van der Waals surface area contributed by atoms with E-state index < -0.39 is 0 Å². The van der Waals surface area contributed by atoms with Gasteiger partial charge in [-0.15, -0.1) is 0 Å². The second kappa shape index (κ2) is 5.08. The zero-order valence-electron chi connectivity index (χ0n) is 10.2. The monoisotopic (exact) mass is 252 g/mol. The topological polar surface area (TPSA) is 24.4 Å². The van der Waals surface area contributed by atoms with Crippen molar-refractivity contribution in [3.05, 3.63) is 35.6 Å². The molecule has 1 aromatic carbocycles. The zero-order chi connectivity index (χ0) is 12.3. The summed E-state index contributed by atoms with van der Waals surface area (Å²) in [5.74, 6) is 0.845. The van der Waals surface area contributed by atoms with Crippen LogP contribution in [0.3, 0.4) is 0 Å². The van der Waals surface area contributed by atoms with Crippen LogP contribution < -0.4 is 5.32 Å². The summed E-state index contributed by atoms with van der Waals surface area (Å²) in [4.78, 5) is 4.43. The number of benzene rings is 1. The molecule has 0 amide bonds. The van der Waals surface area contributed by atoms with Crippen molar-refractivity contribution < 1.29 is 4.39 Å². The van der Waals surface area contributed by atoms with Crippen LogP contribution in [0.5, 0.6) is 0 Å². The van der Waals surface area contributed by atoms with Crippen LogP contribution in [0.2, 0.25) is 0 Å². The first kappa shape index (κ1) is 12.4. The van der Waals surface area contributed by atoms with Crippen molar-refractivity contribution in [2.75, 3.05) is 5.75 Å². The van der Waals surface area contributed by atoms with Gasteiger partial charge in [0, 0.05) is 16.9 Å². The Kier molecular flexibility index (Phi) is 3.72. The number of nitrogens with one attached hydrogen (secondary N) is 1. The quantitative estimate of drug-likeness (QED) is 0.893. The van der Waals surface area contributed by atoms with E-state index in [1.165, 1.54) is 6.07 Å². The molecular weight excluding hydrogens is 235 g/mol. The van der Waals surface area contributed by atoms with Gasteiger partial charge in [0.25, 0.3) is 0 Å². The minimum Gasteiger partial charge on any atom is -0.359 e. The second-order valence-electron chi connectivity index (χ2n) is 4.54. The van der Waals surface area contributed by atoms with Crippen LogP contribution in [0.4, 0.5) is 4.39 Å². The molecule has 1 saturated heterocycles. The molecule has 1 atom stereocenters. The predicted octanol–water partition coefficient (Wildman–Crippen LogP) is 3.19. The summed E-state index contributed by atoms with van der Waals surface area (Å²) in [6.45, 7) is 4.75. The van der Waals surface area contributed by atoms with E-state index in [-0.39, 0.29) is 11.4 Å². The molecule has 1 aliphatic heterocycles. The molecule has 0 spiro atoms. The first-order chi connectivity index (χ1) is 8.13. The lowest BCUT2D eigenvalue weighted by Gasteiger charge is -2.20. The highest BCUT2D eigenvalue weighted by atomic mass is 32.2. The highest BCUT2D eigenvalue weighted by Crippen LogP contribution is 2.25. The van der Waals surface area contributed by atoms with Crippen LogP contribution in [0.1, 0.15) is 25.8 Å². The van der Waals surface area contributed by atoms with Crippen molar-refractivity contribution in [2.24, 2.45) is 4.99 Å². The number of nitrogens with zero attached hydrogens (tertiary/aromatic N) is 1. The summed E-state index contributed by atoms with van der Waals surface area (Å²) in [6, 6.07) is 6.78. The number of aliphatic imine (C=N–C) groups is 1. The van der Waals surface area contributed by atoms with E-state index >= 15 is 0 Å². The maximum absolute atomic E-state index is 13.4. The first-order valence-corrected chi connectivity index (χ1v) is 6.80. The Balaban J connectivity index is 2.01. The molecule has 0 radical (unpaired) electrons. The molecule has 0 aromatic heterocycles. The normalized spacial score (nSPS) is 26.2. The average Bonchev–Trinajstić information content (AvgIpc) is 2.71. The lowest BCUT2D eigenvalue weighted by molar-refractivity contribution is 0.466. The van der Waals surface area contributed by atoms with Gasteiger partial charge in [0.15, 0.2) is 5.17 Å². The van der Waals surface area contributed by atoms with Crippen molar-refractivity contribution in [3.63, 3.8) is 0 Å². The summed E-state index contributed by atoms with van der Waals surface area (Å²) < 4.78 is 13.4. The molecule has 2 nitrogen and oxygen atoms in total. The minimum absolute atomic E-state index is 0.138. The molecule has 17 heavy (non-hydrogen) atoms. The Morgan fingerprint density at radius 2 is 2.24 bits per heavy atom. The van der Waals surface area contributed by atoms with Crippen LogP contribution in [-0.4, -0.2) is 16.5 Å². The van der Waals surface area contributed by atoms with Crippen LogP contribution in [0, 0.1) is 5.82 Å². The molecule has 1 aromatic rings. The van der Waals surface area contributed by atoms with E-state index in [9.17, 15) is 4.39 Å². The molecule has 1 N–H and O–H groups in total. The standard InChI is InChI=1S/C13H17FN2S/c1-3-13(2)9-17-12(16-13)15-8-10-6-4-5-7-11(10)14/h4-7H,3,8-9H2,1-2H3,(H,15,16). The Bertz CT molecular complexity index is 433. The first-order valence-electron chi connectivity index (χ1n) is 5.82. The molecular formula is C13H17FN2S. The van der Waals surface area contributed by atoms with E-state index in [0.29, 0.717) is 12.1 Å². The van der Waals surface area contributed by atoms with Gasteiger partial charge in [-0.2, -0.15) is 0 Å². The van der Waals surface area contributed by atoms with Crippen molar-refractivity contribution in [1.82, 2.24) is 5.32 Å². The fraction of sp³-hybridized carbons (Fsp3) is 0.462. The molecule has 0 bridgehead atoms. The molecule has 1 fully saturated rings. The molecule has 92 valence electrons. The predicted molar refractivity (Wildman–Crippen MR) is 71.8 cm³/mol. The third kappa shape index (κ3) is 3.00. The number of hydrogen-bond donors (Lipinski definition) is 1. The lowest BCUT2D eigenvalue weighted by Crippen LogP contribution is -2.39. The van der Waals surface area contributed by atoms with Gasteiger partial charge in [-0.3, -0.25) is 4.99 Å². The van der Waals surface area contributed by atoms with Crippen LogP contribution >= 0.6 is 11.8 Å². The smallest absolute Gasteiger partial charge is 0.157 e. The van der Waals surface area contributed by atoms with Gasteiger partial charge < -0.3 is 5.32 Å². The Morgan fingerprint density at radius 1 is 1.47 bits per heavy atom. The summed E-state index contributed by atoms with van der Waals surface area (Å²) in [5, 5.41) is 4.33. The van der Waals surface area contributed by atoms with Crippen molar-refractivity contribution in [2.45, 2.75) is 32.4 Å². The highest BCUT2D eigenvalue weighted by molar-refractivity contribution is 8.14. The minimum atomic E-state index is -0.182. The van der Waals surface area contributed by atoms with Crippen molar-refractivity contribution in [3.8, 4) is 0 Å². The third-order valence-corrected chi connectivity index (χ3v) is 4.35. The largest absolute Gasteiger partial charge is 0.359 e. The van der Waals surface area contributed by atoms with E-state index in [0.717, 1.165) is 17.3 Å². The summed E-state index contributed by atoms with van der Waals surface area (Å²) in [5.41, 5.74) is 0.783. The van der Waals surface area contributed by atoms with E-state index in [1.807, 2.05) is 6.07 Å². The number of amidine groups is 1. The van der Waals surface area contributed by atoms with Gasteiger partial charge in [0.05, 0.1) is 6.54 Å². The molecule has 1 heterocycles. The van der Waals surface area contributed by atoms with Crippen molar-refractivity contribution >= 4 is 16.9 Å². The zero-order valence-corrected chi connectivity index (χ0v) is 11.0. The van der Waals surface area contributed by atoms with E-state index in [2.05, 4.69) is 24.2 Å². The van der Waals surface area contributed by atoms with Gasteiger partial charge >= 0.3 is 0 Å². The lowest BCUT2D eigenvalue weighted by atomic mass is 10.0. The van der Waals surface area contributed by atoms with Gasteiger partial charge in [-0.05, 0) is 19.4 Å². The Morgan fingerprint density at radius 3 is 2.88 bits per heavy atom. The maximum atomic E-state index is 13.4. The number of halogens is 1. The molecule has 0 saturated carbocycles. The molecule has 0 aliphatic carbocycles. The maximum Gasteiger partial charge on any atom is 0.157 e. The second-order valence-corrected chi connectivity index (χ2v) is 5.50. The Hall–Kier alpha value is -1.03. The fourth-order valence-electron chi connectivity index (χ4n) is 1.62. The van der Waals surface area contributed by atoms with Gasteiger partial charge in [0.2, 0.25) is 0 Å². The number of rotatable bonds is 3. The molecule has 4 heteroatoms. The summed E-state index contributed by atoms with van der Waals surface area (Å²) in [6.07, 6.45) is 1.07. The van der Waals surface area contributed by atoms with Crippen LogP contribution in [-0.2, 0) is 6.54 Å². The number of thioether (sulfide) groups is 1. The molecule has 1 aliphatic rings. The number of hydrogen-bond acceptors (Lipinski definition) is 2. The van der Waals surface area contributed by atoms with Gasteiger partial charge in [-0.1, -0.05) is 36.9 Å². The highest BCUT2D eigenvalue weighted by Gasteiger charge is 2.30. The summed E-state index contributed by atoms with van der Waals surface area (Å²) in [7, 11) is 0. The molecule has 1 unspecified atom stereocenters. The summed E-state index contributed by atoms with van der Waals surface area (Å²) >= 11 is 1.72. The Labute approximate surface area is 106 Å². The van der Waals surface area contributed by atoms with Crippen LogP contribution in [0.15, 0.2) is 29.3 Å². The van der Waals surface area contributed by atoms with Crippen LogP contribution in [0.25, 0.3) is 0 Å². The van der Waals surface area contributed by atoms with E-state index in [1.54, 1.807) is 23.9 Å². The van der Waals surface area contributed by atoms with Gasteiger partial charge in [-0.25, -0.2) is 4.39 Å². The average molecular weight is 252 g/mol. The van der Waals surface area contributed by atoms with E-state index in [4.69, 9.17) is 0 Å². The molecule has 2 rings (SSSR count).